The number of aryl methyl sites for hydroxylation is 1. The van der Waals surface area contributed by atoms with Gasteiger partial charge in [0.05, 0.1) is 9.13 Å². The minimum absolute atomic E-state index is 0.0731. The van der Waals surface area contributed by atoms with Crippen molar-refractivity contribution in [2.75, 3.05) is 0 Å². The van der Waals surface area contributed by atoms with E-state index in [2.05, 4.69) is 31.3 Å². The number of allylic oxidation sites excluding steroid dienone is 2. The van der Waals surface area contributed by atoms with Crippen LogP contribution in [0.25, 0.3) is 0 Å². The molecule has 0 fully saturated rings. The summed E-state index contributed by atoms with van der Waals surface area (Å²) in [7, 11) is 0. The van der Waals surface area contributed by atoms with Crippen molar-refractivity contribution >= 4 is 31.6 Å². The molecule has 2 amide bonds. The predicted octanol–water partition coefficient (Wildman–Crippen LogP) is 14.2. The van der Waals surface area contributed by atoms with Gasteiger partial charge < -0.3 is 0 Å². The van der Waals surface area contributed by atoms with Gasteiger partial charge in [0.1, 0.15) is 0 Å². The minimum atomic E-state index is -3.88. The largest absolute Gasteiger partial charge is 0.341 e. The van der Waals surface area contributed by atoms with Crippen LogP contribution in [0.15, 0.2) is 30.4 Å². The minimum Gasteiger partial charge on any atom is -0.292 e. The lowest BCUT2D eigenvalue weighted by molar-refractivity contribution is -0.120. The van der Waals surface area contributed by atoms with Crippen molar-refractivity contribution < 1.29 is 15.7 Å². The van der Waals surface area contributed by atoms with Gasteiger partial charge in [0, 0.05) is 6.42 Å². The zero-order valence-corrected chi connectivity index (χ0v) is 34.0. The monoisotopic (exact) mass is 795 g/mol. The van der Waals surface area contributed by atoms with Crippen molar-refractivity contribution in [3.05, 3.63) is 45.0 Å². The normalized spacial score (nSPS) is 11.6. The van der Waals surface area contributed by atoms with Gasteiger partial charge in [-0.05, 0) is 62.6 Å². The summed E-state index contributed by atoms with van der Waals surface area (Å²) in [6.45, 7) is 4.53. The second kappa shape index (κ2) is 33.6. The van der Waals surface area contributed by atoms with E-state index in [1.54, 1.807) is 12.1 Å². The molecule has 0 spiro atoms. The number of halogens is 1. The fraction of sp³-hybridized carbons (Fsp3) is 0.767. The molecule has 282 valence electrons. The zero-order chi connectivity index (χ0) is 35.6. The highest BCUT2D eigenvalue weighted by Gasteiger charge is 2.18. The Hall–Kier alpha value is -1.57. The van der Waals surface area contributed by atoms with E-state index in [9.17, 15) is 15.7 Å². The highest BCUT2D eigenvalue weighted by Crippen LogP contribution is 2.24. The second-order valence-corrected chi connectivity index (χ2v) is 16.7. The van der Waals surface area contributed by atoms with Gasteiger partial charge in [-0.1, -0.05) is 180 Å². The molecule has 1 rings (SSSR count). The van der Waals surface area contributed by atoms with Crippen LogP contribution in [-0.4, -0.2) is 11.8 Å². The summed E-state index contributed by atoms with van der Waals surface area (Å²) in [5.41, 5.74) is 1.07. The lowest BCUT2D eigenvalue weighted by Gasteiger charge is -2.09. The van der Waals surface area contributed by atoms with Crippen molar-refractivity contribution in [3.8, 4) is 0 Å². The van der Waals surface area contributed by atoms with E-state index in [0.29, 0.717) is 6.42 Å². The van der Waals surface area contributed by atoms with Crippen LogP contribution in [0, 0.1) is 3.57 Å². The summed E-state index contributed by atoms with van der Waals surface area (Å²) in [6, 6.07) is 5.04. The number of nitrogens with one attached hydrogen (secondary N) is 1. The van der Waals surface area contributed by atoms with Gasteiger partial charge in [-0.15, -0.1) is 0 Å². The highest BCUT2D eigenvalue weighted by atomic mass is 127. The quantitative estimate of drug-likeness (QED) is 0.0428. The SMILES string of the molecule is CCCCCCCCCC/C=C/CCCCCCc1ccc(I(=O)=O)c(C(=O)NC(=O)CCCCCCCCCCCCCCCCC)c1. The summed E-state index contributed by atoms with van der Waals surface area (Å²) < 4.78 is 23.9. The Balaban J connectivity index is 2.18. The molecule has 0 unspecified atom stereocenters. The summed E-state index contributed by atoms with van der Waals surface area (Å²) in [5, 5.41) is 2.46. The first-order valence-electron chi connectivity index (χ1n) is 20.7. The first-order chi connectivity index (χ1) is 24.0. The molecule has 1 aromatic rings. The molecule has 1 N–H and O–H groups in total. The van der Waals surface area contributed by atoms with E-state index in [-0.39, 0.29) is 15.0 Å². The maximum absolute atomic E-state index is 12.9. The molecule has 1 aromatic carbocycles. The molecule has 0 bridgehead atoms. The molecule has 0 radical (unpaired) electrons. The van der Waals surface area contributed by atoms with Crippen molar-refractivity contribution in [2.45, 2.75) is 213 Å². The number of carbonyl (C=O) groups excluding carboxylic acids is 2. The van der Waals surface area contributed by atoms with Crippen LogP contribution in [0.5, 0.6) is 0 Å². The Kier molecular flexibility index (Phi) is 31.1. The standard InChI is InChI=1S/C43H74INO4/c1-3-5-7-9-11-13-15-17-19-21-22-24-26-28-30-32-34-39-36-37-41(44(48)49)40(38-39)43(47)45-42(46)35-33-31-29-27-25-23-20-18-16-14-12-10-8-6-4-2/h21-22,36-38H,3-20,23-35H2,1-2H3,(H,45,46,47)/b22-21+. The van der Waals surface area contributed by atoms with Crippen molar-refractivity contribution in [1.29, 1.82) is 0 Å². The van der Waals surface area contributed by atoms with Crippen LogP contribution < -0.4 is 5.32 Å². The summed E-state index contributed by atoms with van der Waals surface area (Å²) in [6.07, 6.45) is 42.4. The fourth-order valence-electron chi connectivity index (χ4n) is 6.53. The summed E-state index contributed by atoms with van der Waals surface area (Å²) in [4.78, 5) is 25.4. The Morgan fingerprint density at radius 3 is 1.41 bits per heavy atom. The van der Waals surface area contributed by atoms with E-state index in [0.717, 1.165) is 50.5 Å². The lowest BCUT2D eigenvalue weighted by atomic mass is 10.0. The number of hydrogen-bond acceptors (Lipinski definition) is 4. The second-order valence-electron chi connectivity index (χ2n) is 14.3. The average Bonchev–Trinajstić information content (AvgIpc) is 3.09. The van der Waals surface area contributed by atoms with Crippen molar-refractivity contribution in [3.63, 3.8) is 0 Å². The van der Waals surface area contributed by atoms with Gasteiger partial charge >= 0.3 is 19.8 Å². The first-order valence-corrected chi connectivity index (χ1v) is 23.5. The average molecular weight is 796 g/mol. The lowest BCUT2D eigenvalue weighted by Crippen LogP contribution is -2.31. The first kappa shape index (κ1) is 45.5. The third-order valence-electron chi connectivity index (χ3n) is 9.68. The molecular formula is C43H74INO4. The summed E-state index contributed by atoms with van der Waals surface area (Å²) in [5.74, 6) is -0.907. The van der Waals surface area contributed by atoms with E-state index >= 15 is 0 Å². The van der Waals surface area contributed by atoms with E-state index in [4.69, 9.17) is 0 Å². The Bertz CT molecular complexity index is 1060. The molecule has 0 saturated carbocycles. The molecule has 0 saturated heterocycles. The summed E-state index contributed by atoms with van der Waals surface area (Å²) >= 11 is -3.88. The smallest absolute Gasteiger partial charge is 0.292 e. The molecule has 0 atom stereocenters. The molecular weight excluding hydrogens is 721 g/mol. The molecule has 0 aliphatic heterocycles. The Morgan fingerprint density at radius 1 is 0.551 bits per heavy atom. The van der Waals surface area contributed by atoms with Crippen LogP contribution in [0.4, 0.5) is 0 Å². The highest BCUT2D eigenvalue weighted by molar-refractivity contribution is 14.2. The molecule has 0 aromatic heterocycles. The van der Waals surface area contributed by atoms with Crippen LogP contribution in [0.2, 0.25) is 0 Å². The molecule has 0 aliphatic carbocycles. The van der Waals surface area contributed by atoms with Crippen molar-refractivity contribution in [1.82, 2.24) is 5.32 Å². The van der Waals surface area contributed by atoms with E-state index in [1.165, 1.54) is 148 Å². The number of benzene rings is 1. The molecule has 6 heteroatoms. The van der Waals surface area contributed by atoms with Crippen LogP contribution in [0.1, 0.15) is 222 Å². The third kappa shape index (κ3) is 26.8. The van der Waals surface area contributed by atoms with Crippen LogP contribution >= 0.6 is 19.8 Å². The number of rotatable bonds is 34. The number of hydrogen-bond donors (Lipinski definition) is 1. The molecule has 5 nitrogen and oxygen atoms in total. The maximum atomic E-state index is 12.9. The van der Waals surface area contributed by atoms with Gasteiger partial charge in [-0.3, -0.25) is 14.9 Å². The van der Waals surface area contributed by atoms with Gasteiger partial charge in [0.25, 0.3) is 5.91 Å². The third-order valence-corrected chi connectivity index (χ3v) is 11.6. The number of unbranched alkanes of at least 4 members (excludes halogenated alkanes) is 26. The Morgan fingerprint density at radius 2 is 0.959 bits per heavy atom. The number of amides is 2. The van der Waals surface area contributed by atoms with Crippen molar-refractivity contribution in [2.24, 2.45) is 0 Å². The van der Waals surface area contributed by atoms with E-state index in [1.807, 2.05) is 6.07 Å². The molecule has 49 heavy (non-hydrogen) atoms. The number of carbonyl (C=O) groups is 2. The zero-order valence-electron chi connectivity index (χ0n) is 31.8. The van der Waals surface area contributed by atoms with Gasteiger partial charge in [-0.25, -0.2) is 6.14 Å². The number of imide groups is 1. The van der Waals surface area contributed by atoms with Gasteiger partial charge in [0.15, 0.2) is 0 Å². The Labute approximate surface area is 309 Å². The van der Waals surface area contributed by atoms with Gasteiger partial charge in [-0.2, -0.15) is 0 Å². The fourth-order valence-corrected chi connectivity index (χ4v) is 7.87. The molecule has 0 heterocycles. The van der Waals surface area contributed by atoms with Gasteiger partial charge in [0.2, 0.25) is 5.91 Å². The molecule has 0 aliphatic rings. The van der Waals surface area contributed by atoms with E-state index < -0.39 is 25.7 Å². The topological polar surface area (TPSA) is 80.3 Å². The maximum Gasteiger partial charge on any atom is 0.341 e. The van der Waals surface area contributed by atoms with Crippen LogP contribution in [-0.2, 0) is 17.4 Å². The predicted molar refractivity (Wildman–Crippen MR) is 216 cm³/mol. The van der Waals surface area contributed by atoms with Crippen LogP contribution in [0.3, 0.4) is 0 Å².